The van der Waals surface area contributed by atoms with Crippen LogP contribution in [0.15, 0.2) is 23.0 Å². The number of pyridine rings is 1. The minimum atomic E-state index is -1.14. The first-order valence-corrected chi connectivity index (χ1v) is 5.49. The van der Waals surface area contributed by atoms with Crippen LogP contribution in [0.3, 0.4) is 0 Å². The number of aromatic nitrogens is 1. The molecule has 3 rings (SSSR count). The molecule has 1 N–H and O–H groups in total. The molecule has 4 nitrogen and oxygen atoms in total. The fourth-order valence-corrected chi connectivity index (χ4v) is 2.66. The molecule has 17 heavy (non-hydrogen) atoms. The molecule has 2 aromatic rings. The Labute approximate surface area is 97.1 Å². The van der Waals surface area contributed by atoms with E-state index in [9.17, 15) is 9.59 Å². The van der Waals surface area contributed by atoms with Gasteiger partial charge in [0.15, 0.2) is 0 Å². The van der Waals surface area contributed by atoms with E-state index in [0.717, 1.165) is 24.0 Å². The monoisotopic (exact) mass is 229 g/mol. The zero-order valence-electron chi connectivity index (χ0n) is 9.36. The third-order valence-electron chi connectivity index (χ3n) is 3.45. The third kappa shape index (κ3) is 1.18. The van der Waals surface area contributed by atoms with Gasteiger partial charge in [-0.15, -0.1) is 0 Å². The summed E-state index contributed by atoms with van der Waals surface area (Å²) in [6, 6.07) is 5.51. The molecule has 0 fully saturated rings. The topological polar surface area (TPSA) is 59.3 Å². The number of rotatable bonds is 1. The smallest absolute Gasteiger partial charge is 0.341 e. The van der Waals surface area contributed by atoms with Crippen LogP contribution in [0, 0.1) is 6.92 Å². The minimum Gasteiger partial charge on any atom is -0.477 e. The third-order valence-corrected chi connectivity index (χ3v) is 3.45. The maximum atomic E-state index is 12.1. The van der Waals surface area contributed by atoms with Gasteiger partial charge in [-0.1, -0.05) is 12.1 Å². The molecule has 1 aromatic heterocycles. The number of carboxylic acids is 1. The van der Waals surface area contributed by atoms with Gasteiger partial charge in [0, 0.05) is 17.6 Å². The number of nitrogens with zero attached hydrogens (tertiary/aromatic N) is 1. The Balaban J connectivity index is 2.60. The van der Waals surface area contributed by atoms with Crippen molar-refractivity contribution in [3.8, 4) is 0 Å². The Morgan fingerprint density at radius 2 is 2.18 bits per heavy atom. The number of para-hydroxylation sites is 1. The zero-order valence-corrected chi connectivity index (χ0v) is 9.36. The van der Waals surface area contributed by atoms with E-state index in [1.165, 1.54) is 0 Å². The van der Waals surface area contributed by atoms with E-state index >= 15 is 0 Å². The van der Waals surface area contributed by atoms with Crippen LogP contribution in [-0.2, 0) is 13.0 Å². The number of hydrogen-bond donors (Lipinski definition) is 1. The lowest BCUT2D eigenvalue weighted by molar-refractivity contribution is 0.0694. The normalized spacial score (nSPS) is 13.2. The van der Waals surface area contributed by atoms with Crippen LogP contribution >= 0.6 is 0 Å². The molecule has 1 aliphatic rings. The summed E-state index contributed by atoms with van der Waals surface area (Å²) in [4.78, 5) is 23.3. The van der Waals surface area contributed by atoms with Crippen molar-refractivity contribution in [2.45, 2.75) is 19.9 Å². The van der Waals surface area contributed by atoms with Crippen LogP contribution in [0.1, 0.15) is 21.6 Å². The highest BCUT2D eigenvalue weighted by Gasteiger charge is 2.23. The molecule has 1 aliphatic heterocycles. The van der Waals surface area contributed by atoms with Crippen molar-refractivity contribution in [2.75, 3.05) is 0 Å². The van der Waals surface area contributed by atoms with Crippen LogP contribution in [0.5, 0.6) is 0 Å². The highest BCUT2D eigenvalue weighted by Crippen LogP contribution is 2.26. The van der Waals surface area contributed by atoms with Crippen LogP contribution < -0.4 is 5.43 Å². The lowest BCUT2D eigenvalue weighted by atomic mass is 10.1. The van der Waals surface area contributed by atoms with Gasteiger partial charge in [-0.25, -0.2) is 4.79 Å². The summed E-state index contributed by atoms with van der Waals surface area (Å²) < 4.78 is 1.94. The lowest BCUT2D eigenvalue weighted by Crippen LogP contribution is -2.21. The first-order valence-electron chi connectivity index (χ1n) is 5.49. The van der Waals surface area contributed by atoms with E-state index in [-0.39, 0.29) is 11.0 Å². The molecule has 0 radical (unpaired) electrons. The van der Waals surface area contributed by atoms with Crippen molar-refractivity contribution >= 4 is 16.9 Å². The Bertz CT molecular complexity index is 713. The molecule has 0 saturated heterocycles. The van der Waals surface area contributed by atoms with Crippen molar-refractivity contribution in [1.29, 1.82) is 0 Å². The Morgan fingerprint density at radius 3 is 2.88 bits per heavy atom. The van der Waals surface area contributed by atoms with Gasteiger partial charge in [0.05, 0.1) is 5.52 Å². The number of aromatic carboxylic acids is 1. The highest BCUT2D eigenvalue weighted by molar-refractivity contribution is 5.95. The fraction of sp³-hybridized carbons (Fsp3) is 0.231. The molecule has 0 aliphatic carbocycles. The highest BCUT2D eigenvalue weighted by atomic mass is 16.4. The van der Waals surface area contributed by atoms with E-state index in [4.69, 9.17) is 5.11 Å². The van der Waals surface area contributed by atoms with Gasteiger partial charge in [-0.2, -0.15) is 0 Å². The second-order valence-corrected chi connectivity index (χ2v) is 4.31. The second kappa shape index (κ2) is 3.20. The van der Waals surface area contributed by atoms with Crippen molar-refractivity contribution in [3.63, 3.8) is 0 Å². The van der Waals surface area contributed by atoms with Gasteiger partial charge in [0.1, 0.15) is 5.56 Å². The molecular formula is C13H11NO3. The predicted octanol–water partition coefficient (Wildman–Crippen LogP) is 1.56. The number of aryl methyl sites for hydroxylation is 2. The Morgan fingerprint density at radius 1 is 1.41 bits per heavy atom. The van der Waals surface area contributed by atoms with Gasteiger partial charge in [0.25, 0.3) is 0 Å². The Kier molecular flexibility index (Phi) is 1.90. The first-order chi connectivity index (χ1) is 8.11. The maximum absolute atomic E-state index is 12.1. The largest absolute Gasteiger partial charge is 0.477 e. The molecule has 2 heterocycles. The zero-order chi connectivity index (χ0) is 12.2. The predicted molar refractivity (Wildman–Crippen MR) is 63.6 cm³/mol. The number of benzene rings is 1. The summed E-state index contributed by atoms with van der Waals surface area (Å²) in [5.41, 5.74) is 2.11. The van der Waals surface area contributed by atoms with Crippen molar-refractivity contribution in [1.82, 2.24) is 4.57 Å². The van der Waals surface area contributed by atoms with Gasteiger partial charge in [-0.3, -0.25) is 4.79 Å². The van der Waals surface area contributed by atoms with Gasteiger partial charge >= 0.3 is 5.97 Å². The van der Waals surface area contributed by atoms with Crippen molar-refractivity contribution in [3.05, 3.63) is 45.2 Å². The van der Waals surface area contributed by atoms with Gasteiger partial charge in [-0.05, 0) is 25.0 Å². The minimum absolute atomic E-state index is 0.100. The average molecular weight is 229 g/mol. The van der Waals surface area contributed by atoms with Crippen molar-refractivity contribution < 1.29 is 9.90 Å². The molecule has 1 aromatic carbocycles. The Hall–Kier alpha value is -2.10. The molecule has 0 spiro atoms. The van der Waals surface area contributed by atoms with Gasteiger partial charge in [0.2, 0.25) is 5.43 Å². The summed E-state index contributed by atoms with van der Waals surface area (Å²) in [7, 11) is 0. The maximum Gasteiger partial charge on any atom is 0.341 e. The van der Waals surface area contributed by atoms with E-state index in [1.54, 1.807) is 13.0 Å². The summed E-state index contributed by atoms with van der Waals surface area (Å²) in [5.74, 6) is -1.14. The fourth-order valence-electron chi connectivity index (χ4n) is 2.66. The summed E-state index contributed by atoms with van der Waals surface area (Å²) >= 11 is 0. The molecule has 0 amide bonds. The van der Waals surface area contributed by atoms with Crippen LogP contribution in [-0.4, -0.2) is 15.6 Å². The lowest BCUT2D eigenvalue weighted by Gasteiger charge is -2.11. The molecule has 0 bridgehead atoms. The van der Waals surface area contributed by atoms with Crippen LogP contribution in [0.25, 0.3) is 10.9 Å². The summed E-state index contributed by atoms with van der Waals surface area (Å²) in [6.45, 7) is 2.45. The molecule has 0 unspecified atom stereocenters. The number of carboxylic acid groups (broad SMARTS) is 1. The first kappa shape index (κ1) is 10.1. The van der Waals surface area contributed by atoms with E-state index in [1.807, 2.05) is 16.7 Å². The van der Waals surface area contributed by atoms with E-state index < -0.39 is 5.97 Å². The number of hydrogen-bond acceptors (Lipinski definition) is 2. The molecule has 0 saturated carbocycles. The molecule has 86 valence electrons. The van der Waals surface area contributed by atoms with Gasteiger partial charge < -0.3 is 9.67 Å². The molecular weight excluding hydrogens is 218 g/mol. The average Bonchev–Trinajstić information content (AvgIpc) is 2.70. The SMILES string of the molecule is Cc1c(C(=O)O)c(=O)c2cccc3c2n1CC3. The molecule has 4 heteroatoms. The summed E-state index contributed by atoms with van der Waals surface area (Å²) in [6.07, 6.45) is 0.862. The quantitative estimate of drug-likeness (QED) is 0.807. The van der Waals surface area contributed by atoms with Crippen LogP contribution in [0.4, 0.5) is 0 Å². The van der Waals surface area contributed by atoms with Crippen LogP contribution in [0.2, 0.25) is 0 Å². The standard InChI is InChI=1S/C13H11NO3/c1-7-10(13(16)17)12(15)9-4-2-3-8-5-6-14(7)11(8)9/h2-4H,5-6H2,1H3,(H,16,17). The van der Waals surface area contributed by atoms with E-state index in [0.29, 0.717) is 11.1 Å². The van der Waals surface area contributed by atoms with Crippen molar-refractivity contribution in [2.24, 2.45) is 0 Å². The summed E-state index contributed by atoms with van der Waals surface area (Å²) in [5, 5.41) is 9.65. The molecule has 0 atom stereocenters. The van der Waals surface area contributed by atoms with E-state index in [2.05, 4.69) is 0 Å². The number of carbonyl (C=O) groups is 1. The second-order valence-electron chi connectivity index (χ2n) is 4.31.